The van der Waals surface area contributed by atoms with Gasteiger partial charge in [-0.1, -0.05) is 31.9 Å². The van der Waals surface area contributed by atoms with Gasteiger partial charge in [0.05, 0.1) is 5.57 Å². The molecule has 3 aliphatic rings. The number of fused-ring (bicyclic) bond motifs is 2. The molecule has 0 aromatic heterocycles. The Kier molecular flexibility index (Phi) is 3.42. The number of hydrogen-bond donors (Lipinski definition) is 0. The van der Waals surface area contributed by atoms with Gasteiger partial charge in [-0.2, -0.15) is 0 Å². The van der Waals surface area contributed by atoms with Crippen LogP contribution in [0.15, 0.2) is 22.8 Å². The molecule has 3 atom stereocenters. The van der Waals surface area contributed by atoms with E-state index in [-0.39, 0.29) is 30.1 Å². The van der Waals surface area contributed by atoms with Gasteiger partial charge in [-0.15, -0.1) is 0 Å². The second-order valence-electron chi connectivity index (χ2n) is 6.77. The summed E-state index contributed by atoms with van der Waals surface area (Å²) in [7, 11) is 0. The third kappa shape index (κ3) is 2.41. The van der Waals surface area contributed by atoms with E-state index in [1.54, 1.807) is 0 Å². The molecule has 0 saturated heterocycles. The third-order valence-electron chi connectivity index (χ3n) is 5.15. The second kappa shape index (κ2) is 5.00. The molecular weight excluding hydrogens is 268 g/mol. The van der Waals surface area contributed by atoms with E-state index in [1.165, 1.54) is 25.3 Å². The largest absolute Gasteiger partial charge is 0.461 e. The first-order valence-corrected chi connectivity index (χ1v) is 7.70. The highest BCUT2D eigenvalue weighted by Gasteiger charge is 2.46. The van der Waals surface area contributed by atoms with Gasteiger partial charge in [0, 0.05) is 12.5 Å². The van der Waals surface area contributed by atoms with Crippen LogP contribution < -0.4 is 0 Å². The minimum Gasteiger partial charge on any atom is -0.461 e. The number of ether oxygens (including phenoxy) is 2. The standard InChI is InChI=1S/C17H22O4/c1-10-5-4-6-17(3)8-15-12(7-14(10)17)13(16(19)21-15)9-20-11(2)18/h7,10,15H,4-6,8-9H2,1-3H3/t10-,15+,17-/m1/s1. The van der Waals surface area contributed by atoms with Crippen molar-refractivity contribution in [1.82, 2.24) is 0 Å². The van der Waals surface area contributed by atoms with Crippen molar-refractivity contribution in [2.24, 2.45) is 11.3 Å². The fourth-order valence-electron chi connectivity index (χ4n) is 4.03. The van der Waals surface area contributed by atoms with E-state index in [0.29, 0.717) is 11.5 Å². The van der Waals surface area contributed by atoms with Crippen LogP contribution >= 0.6 is 0 Å². The van der Waals surface area contributed by atoms with Crippen LogP contribution in [0.25, 0.3) is 0 Å². The molecule has 4 heteroatoms. The molecule has 0 amide bonds. The number of esters is 2. The van der Waals surface area contributed by atoms with Crippen molar-refractivity contribution in [3.8, 4) is 0 Å². The van der Waals surface area contributed by atoms with Crippen LogP contribution in [-0.2, 0) is 19.1 Å². The van der Waals surface area contributed by atoms with Gasteiger partial charge in [0.2, 0.25) is 0 Å². The quantitative estimate of drug-likeness (QED) is 0.734. The highest BCUT2D eigenvalue weighted by molar-refractivity contribution is 5.94. The Morgan fingerprint density at radius 1 is 1.52 bits per heavy atom. The zero-order valence-corrected chi connectivity index (χ0v) is 12.9. The molecule has 0 bridgehead atoms. The molecule has 0 N–H and O–H groups in total. The molecule has 0 aromatic rings. The molecule has 0 unspecified atom stereocenters. The molecule has 0 radical (unpaired) electrons. The Labute approximate surface area is 125 Å². The monoisotopic (exact) mass is 290 g/mol. The molecule has 1 saturated carbocycles. The van der Waals surface area contributed by atoms with E-state index < -0.39 is 0 Å². The Morgan fingerprint density at radius 2 is 2.29 bits per heavy atom. The van der Waals surface area contributed by atoms with Gasteiger partial charge in [0.25, 0.3) is 0 Å². The molecule has 1 aliphatic heterocycles. The molecule has 3 rings (SSSR count). The van der Waals surface area contributed by atoms with Gasteiger partial charge in [0.1, 0.15) is 12.7 Å². The highest BCUT2D eigenvalue weighted by atomic mass is 16.6. The lowest BCUT2D eigenvalue weighted by Crippen LogP contribution is -2.36. The van der Waals surface area contributed by atoms with Gasteiger partial charge < -0.3 is 9.47 Å². The molecular formula is C17H22O4. The highest BCUT2D eigenvalue weighted by Crippen LogP contribution is 2.52. The predicted molar refractivity (Wildman–Crippen MR) is 77.4 cm³/mol. The SMILES string of the molecule is CC(=O)OCC1=C2C=C3[C@H](C)CCC[C@]3(C)C[C@@H]2OC1=O. The lowest BCUT2D eigenvalue weighted by molar-refractivity contribution is -0.143. The first-order valence-electron chi connectivity index (χ1n) is 7.70. The predicted octanol–water partition coefficient (Wildman–Crippen LogP) is 2.93. The number of carbonyl (C=O) groups excluding carboxylic acids is 2. The summed E-state index contributed by atoms with van der Waals surface area (Å²) < 4.78 is 10.5. The summed E-state index contributed by atoms with van der Waals surface area (Å²) in [5.74, 6) is -0.162. The zero-order valence-electron chi connectivity index (χ0n) is 12.9. The first kappa shape index (κ1) is 14.4. The number of hydrogen-bond acceptors (Lipinski definition) is 4. The summed E-state index contributed by atoms with van der Waals surface area (Å²) in [4.78, 5) is 23.0. The number of carbonyl (C=O) groups is 2. The molecule has 1 heterocycles. The first-order chi connectivity index (χ1) is 9.90. The van der Waals surface area contributed by atoms with E-state index in [2.05, 4.69) is 19.9 Å². The van der Waals surface area contributed by atoms with Crippen molar-refractivity contribution in [2.45, 2.75) is 52.6 Å². The fraction of sp³-hybridized carbons (Fsp3) is 0.647. The summed E-state index contributed by atoms with van der Waals surface area (Å²) >= 11 is 0. The summed E-state index contributed by atoms with van der Waals surface area (Å²) in [6.07, 6.45) is 6.43. The van der Waals surface area contributed by atoms with Crippen LogP contribution in [0.1, 0.15) is 46.5 Å². The van der Waals surface area contributed by atoms with Crippen molar-refractivity contribution >= 4 is 11.9 Å². The Morgan fingerprint density at radius 3 is 3.00 bits per heavy atom. The van der Waals surface area contributed by atoms with Gasteiger partial charge in [-0.25, -0.2) is 4.79 Å². The Hall–Kier alpha value is -1.58. The summed E-state index contributed by atoms with van der Waals surface area (Å²) in [5.41, 5.74) is 3.02. The maximum absolute atomic E-state index is 12.0. The van der Waals surface area contributed by atoms with Crippen molar-refractivity contribution in [1.29, 1.82) is 0 Å². The van der Waals surface area contributed by atoms with Crippen LogP contribution in [0.2, 0.25) is 0 Å². The smallest absolute Gasteiger partial charge is 0.338 e. The van der Waals surface area contributed by atoms with Gasteiger partial charge in [-0.05, 0) is 30.6 Å². The van der Waals surface area contributed by atoms with Gasteiger partial charge >= 0.3 is 11.9 Å². The molecule has 2 aliphatic carbocycles. The molecule has 4 nitrogen and oxygen atoms in total. The molecule has 0 spiro atoms. The summed E-state index contributed by atoms with van der Waals surface area (Å²) in [6, 6.07) is 0. The maximum atomic E-state index is 12.0. The van der Waals surface area contributed by atoms with Crippen LogP contribution in [0, 0.1) is 11.3 Å². The maximum Gasteiger partial charge on any atom is 0.338 e. The van der Waals surface area contributed by atoms with Crippen LogP contribution in [-0.4, -0.2) is 24.6 Å². The van der Waals surface area contributed by atoms with Gasteiger partial charge in [0.15, 0.2) is 0 Å². The van der Waals surface area contributed by atoms with Crippen LogP contribution in [0.4, 0.5) is 0 Å². The van der Waals surface area contributed by atoms with Crippen LogP contribution in [0.3, 0.4) is 0 Å². The van der Waals surface area contributed by atoms with E-state index in [9.17, 15) is 9.59 Å². The number of rotatable bonds is 2. The minimum atomic E-state index is -0.376. The average molecular weight is 290 g/mol. The van der Waals surface area contributed by atoms with E-state index in [1.807, 2.05) is 0 Å². The third-order valence-corrected chi connectivity index (χ3v) is 5.15. The lowest BCUT2D eigenvalue weighted by atomic mass is 9.61. The Balaban J connectivity index is 1.97. The van der Waals surface area contributed by atoms with Crippen molar-refractivity contribution in [3.63, 3.8) is 0 Å². The van der Waals surface area contributed by atoms with Crippen molar-refractivity contribution in [3.05, 3.63) is 22.8 Å². The molecule has 1 fully saturated rings. The second-order valence-corrected chi connectivity index (χ2v) is 6.77. The Bertz CT molecular complexity index is 557. The topological polar surface area (TPSA) is 52.6 Å². The fourth-order valence-corrected chi connectivity index (χ4v) is 4.03. The van der Waals surface area contributed by atoms with E-state index in [0.717, 1.165) is 18.4 Å². The van der Waals surface area contributed by atoms with Gasteiger partial charge in [-0.3, -0.25) is 4.79 Å². The minimum absolute atomic E-state index is 0.0227. The number of allylic oxidation sites excluding steroid dienone is 1. The van der Waals surface area contributed by atoms with Crippen molar-refractivity contribution in [2.75, 3.05) is 6.61 Å². The average Bonchev–Trinajstić information content (AvgIpc) is 2.68. The summed E-state index contributed by atoms with van der Waals surface area (Å²) in [5, 5.41) is 0. The van der Waals surface area contributed by atoms with Crippen molar-refractivity contribution < 1.29 is 19.1 Å². The summed E-state index contributed by atoms with van der Waals surface area (Å²) in [6.45, 7) is 5.91. The van der Waals surface area contributed by atoms with E-state index in [4.69, 9.17) is 9.47 Å². The molecule has 21 heavy (non-hydrogen) atoms. The van der Waals surface area contributed by atoms with E-state index >= 15 is 0 Å². The normalized spacial score (nSPS) is 34.8. The zero-order chi connectivity index (χ0) is 15.2. The van der Waals surface area contributed by atoms with Crippen LogP contribution in [0.5, 0.6) is 0 Å². The lowest BCUT2D eigenvalue weighted by Gasteiger charge is -2.44. The molecule has 0 aromatic carbocycles. The molecule has 114 valence electrons.